The summed E-state index contributed by atoms with van der Waals surface area (Å²) in [5.41, 5.74) is 1.62. The van der Waals surface area contributed by atoms with Crippen LogP contribution in [0.1, 0.15) is 6.92 Å². The number of fused-ring (bicyclic) bond motifs is 1. The van der Waals surface area contributed by atoms with Crippen LogP contribution in [0.5, 0.6) is 11.5 Å². The Morgan fingerprint density at radius 1 is 1.09 bits per heavy atom. The van der Waals surface area contributed by atoms with Crippen molar-refractivity contribution >= 4 is 11.0 Å². The molecule has 3 rings (SSSR count). The normalized spacial score (nSPS) is 10.6. The van der Waals surface area contributed by atoms with Gasteiger partial charge in [0.2, 0.25) is 5.43 Å². The van der Waals surface area contributed by atoms with Gasteiger partial charge >= 0.3 is 0 Å². The molecule has 1 heterocycles. The highest BCUT2D eigenvalue weighted by Crippen LogP contribution is 2.29. The van der Waals surface area contributed by atoms with Crippen LogP contribution in [0.25, 0.3) is 22.1 Å². The predicted molar refractivity (Wildman–Crippen MR) is 85.6 cm³/mol. The highest BCUT2D eigenvalue weighted by Gasteiger charge is 2.13. The summed E-state index contributed by atoms with van der Waals surface area (Å²) in [6.45, 7) is 2.47. The van der Waals surface area contributed by atoms with E-state index in [9.17, 15) is 4.79 Å². The van der Waals surface area contributed by atoms with Gasteiger partial charge in [-0.15, -0.1) is 0 Å². The molecule has 0 radical (unpaired) electrons. The maximum absolute atomic E-state index is 12.7. The van der Waals surface area contributed by atoms with Crippen molar-refractivity contribution < 1.29 is 13.9 Å². The molecule has 0 aliphatic heterocycles. The van der Waals surface area contributed by atoms with E-state index in [-0.39, 0.29) is 5.43 Å². The van der Waals surface area contributed by atoms with Crippen LogP contribution < -0.4 is 14.9 Å². The van der Waals surface area contributed by atoms with Crippen molar-refractivity contribution in [3.63, 3.8) is 0 Å². The lowest BCUT2D eigenvalue weighted by atomic mass is 10.0. The third-order valence-corrected chi connectivity index (χ3v) is 3.45. The van der Waals surface area contributed by atoms with Gasteiger partial charge in [-0.1, -0.05) is 18.2 Å². The van der Waals surface area contributed by atoms with E-state index >= 15 is 0 Å². The van der Waals surface area contributed by atoms with Crippen LogP contribution in [0.3, 0.4) is 0 Å². The van der Waals surface area contributed by atoms with E-state index in [1.165, 1.54) is 6.26 Å². The first-order valence-electron chi connectivity index (χ1n) is 7.06. The highest BCUT2D eigenvalue weighted by molar-refractivity contribution is 5.83. The monoisotopic (exact) mass is 296 g/mol. The lowest BCUT2D eigenvalue weighted by molar-refractivity contribution is 0.340. The smallest absolute Gasteiger partial charge is 0.200 e. The molecule has 0 unspecified atom stereocenters. The largest absolute Gasteiger partial charge is 0.496 e. The van der Waals surface area contributed by atoms with Crippen molar-refractivity contribution in [3.8, 4) is 22.6 Å². The van der Waals surface area contributed by atoms with Crippen LogP contribution in [0.2, 0.25) is 0 Å². The molecular formula is C18H16O4. The summed E-state index contributed by atoms with van der Waals surface area (Å²) in [7, 11) is 1.58. The molecule has 2 aromatic carbocycles. The Bertz CT molecular complexity index is 864. The molecule has 4 nitrogen and oxygen atoms in total. The average Bonchev–Trinajstić information content (AvgIpc) is 2.55. The zero-order valence-corrected chi connectivity index (χ0v) is 12.5. The molecule has 22 heavy (non-hydrogen) atoms. The summed E-state index contributed by atoms with van der Waals surface area (Å²) in [5.74, 6) is 1.32. The Balaban J connectivity index is 2.19. The summed E-state index contributed by atoms with van der Waals surface area (Å²) >= 11 is 0. The molecule has 0 saturated carbocycles. The zero-order valence-electron chi connectivity index (χ0n) is 12.5. The SMILES string of the molecule is CCOc1ccc2c(=O)c(-c3ccccc3OC)coc2c1. The number of hydrogen-bond donors (Lipinski definition) is 0. The Morgan fingerprint density at radius 2 is 1.91 bits per heavy atom. The van der Waals surface area contributed by atoms with Gasteiger partial charge < -0.3 is 13.9 Å². The number of rotatable bonds is 4. The Morgan fingerprint density at radius 3 is 2.68 bits per heavy atom. The second-order valence-electron chi connectivity index (χ2n) is 4.77. The first-order chi connectivity index (χ1) is 10.7. The van der Waals surface area contributed by atoms with Crippen LogP contribution in [-0.4, -0.2) is 13.7 Å². The summed E-state index contributed by atoms with van der Waals surface area (Å²) < 4.78 is 16.4. The first kappa shape index (κ1) is 14.2. The van der Waals surface area contributed by atoms with Crippen molar-refractivity contribution in [3.05, 3.63) is 59.0 Å². The lowest BCUT2D eigenvalue weighted by Crippen LogP contribution is -2.05. The number of benzene rings is 2. The van der Waals surface area contributed by atoms with Crippen LogP contribution in [-0.2, 0) is 0 Å². The van der Waals surface area contributed by atoms with Crippen LogP contribution in [0.15, 0.2) is 57.9 Å². The van der Waals surface area contributed by atoms with E-state index in [0.717, 1.165) is 5.56 Å². The minimum atomic E-state index is -0.0891. The van der Waals surface area contributed by atoms with E-state index in [1.807, 2.05) is 31.2 Å². The summed E-state index contributed by atoms with van der Waals surface area (Å²) in [6.07, 6.45) is 1.47. The molecule has 1 aromatic heterocycles. The fraction of sp³-hybridized carbons (Fsp3) is 0.167. The van der Waals surface area contributed by atoms with Crippen molar-refractivity contribution in [2.24, 2.45) is 0 Å². The second-order valence-corrected chi connectivity index (χ2v) is 4.77. The molecule has 0 amide bonds. The van der Waals surface area contributed by atoms with Gasteiger partial charge in [0.15, 0.2) is 0 Å². The first-order valence-corrected chi connectivity index (χ1v) is 7.06. The molecule has 3 aromatic rings. The third-order valence-electron chi connectivity index (χ3n) is 3.45. The molecule has 0 aliphatic rings. The predicted octanol–water partition coefficient (Wildman–Crippen LogP) is 3.87. The minimum absolute atomic E-state index is 0.0891. The summed E-state index contributed by atoms with van der Waals surface area (Å²) in [5, 5.41) is 0.520. The number of ether oxygens (including phenoxy) is 2. The summed E-state index contributed by atoms with van der Waals surface area (Å²) in [4.78, 5) is 12.7. The number of hydrogen-bond acceptors (Lipinski definition) is 4. The van der Waals surface area contributed by atoms with E-state index in [2.05, 4.69) is 0 Å². The molecule has 0 fully saturated rings. The summed E-state index contributed by atoms with van der Waals surface area (Å²) in [6, 6.07) is 12.6. The maximum Gasteiger partial charge on any atom is 0.200 e. The van der Waals surface area contributed by atoms with Crippen molar-refractivity contribution in [1.29, 1.82) is 0 Å². The molecule has 0 aliphatic carbocycles. The molecule has 0 N–H and O–H groups in total. The average molecular weight is 296 g/mol. The van der Waals surface area contributed by atoms with Crippen molar-refractivity contribution in [2.75, 3.05) is 13.7 Å². The van der Waals surface area contributed by atoms with E-state index < -0.39 is 0 Å². The van der Waals surface area contributed by atoms with Gasteiger partial charge in [0.25, 0.3) is 0 Å². The standard InChI is InChI=1S/C18H16O4/c1-3-21-12-8-9-14-17(10-12)22-11-15(18(14)19)13-6-4-5-7-16(13)20-2/h4-11H,3H2,1-2H3. The van der Waals surface area contributed by atoms with Crippen LogP contribution in [0.4, 0.5) is 0 Å². The molecule has 112 valence electrons. The molecule has 0 atom stereocenters. The van der Waals surface area contributed by atoms with Crippen LogP contribution >= 0.6 is 0 Å². The van der Waals surface area contributed by atoms with Crippen molar-refractivity contribution in [1.82, 2.24) is 0 Å². The number of para-hydroxylation sites is 1. The fourth-order valence-electron chi connectivity index (χ4n) is 2.42. The van der Waals surface area contributed by atoms with Gasteiger partial charge in [-0.05, 0) is 25.1 Å². The minimum Gasteiger partial charge on any atom is -0.496 e. The second kappa shape index (κ2) is 5.93. The molecule has 0 spiro atoms. The Kier molecular flexibility index (Phi) is 3.83. The topological polar surface area (TPSA) is 48.7 Å². The van der Waals surface area contributed by atoms with Gasteiger partial charge in [-0.25, -0.2) is 0 Å². The molecule has 0 bridgehead atoms. The van der Waals surface area contributed by atoms with Gasteiger partial charge in [0, 0.05) is 11.6 Å². The van der Waals surface area contributed by atoms with Crippen LogP contribution in [0, 0.1) is 0 Å². The van der Waals surface area contributed by atoms with E-state index in [0.29, 0.717) is 34.6 Å². The quantitative estimate of drug-likeness (QED) is 0.733. The molecule has 4 heteroatoms. The van der Waals surface area contributed by atoms with E-state index in [1.54, 1.807) is 25.3 Å². The third kappa shape index (κ3) is 2.44. The molecule has 0 saturated heterocycles. The van der Waals surface area contributed by atoms with Gasteiger partial charge in [-0.2, -0.15) is 0 Å². The Labute approximate surface area is 127 Å². The zero-order chi connectivity index (χ0) is 15.5. The number of methoxy groups -OCH3 is 1. The highest BCUT2D eigenvalue weighted by atomic mass is 16.5. The molecular weight excluding hydrogens is 280 g/mol. The van der Waals surface area contributed by atoms with Gasteiger partial charge in [-0.3, -0.25) is 4.79 Å². The fourth-order valence-corrected chi connectivity index (χ4v) is 2.42. The lowest BCUT2D eigenvalue weighted by Gasteiger charge is -2.08. The van der Waals surface area contributed by atoms with Gasteiger partial charge in [0.05, 0.1) is 24.7 Å². The Hall–Kier alpha value is -2.75. The van der Waals surface area contributed by atoms with Gasteiger partial charge in [0.1, 0.15) is 23.3 Å². The maximum atomic E-state index is 12.7. The van der Waals surface area contributed by atoms with E-state index in [4.69, 9.17) is 13.9 Å². The van der Waals surface area contributed by atoms with Crippen molar-refractivity contribution in [2.45, 2.75) is 6.92 Å².